The lowest BCUT2D eigenvalue weighted by Gasteiger charge is -2.26. The van der Waals surface area contributed by atoms with Gasteiger partial charge in [0.05, 0.1) is 5.69 Å². The molecule has 20 heavy (non-hydrogen) atoms. The van der Waals surface area contributed by atoms with Crippen LogP contribution in [0.3, 0.4) is 0 Å². The lowest BCUT2D eigenvalue weighted by Crippen LogP contribution is -2.37. The zero-order valence-corrected chi connectivity index (χ0v) is 12.4. The molecule has 0 aromatic carbocycles. The van der Waals surface area contributed by atoms with Crippen LogP contribution in [0.1, 0.15) is 42.3 Å². The van der Waals surface area contributed by atoms with E-state index in [0.717, 1.165) is 29.0 Å². The quantitative estimate of drug-likeness (QED) is 0.892. The van der Waals surface area contributed by atoms with Gasteiger partial charge in [0.1, 0.15) is 9.71 Å². The number of amides is 1. The largest absolute Gasteiger partial charge is 0.397 e. The van der Waals surface area contributed by atoms with E-state index in [4.69, 9.17) is 5.73 Å². The molecule has 0 unspecified atom stereocenters. The van der Waals surface area contributed by atoms with E-state index < -0.39 is 0 Å². The maximum Gasteiger partial charge on any atom is 0.263 e. The van der Waals surface area contributed by atoms with Crippen LogP contribution in [0.15, 0.2) is 18.3 Å². The smallest absolute Gasteiger partial charge is 0.263 e. The number of anilines is 1. The summed E-state index contributed by atoms with van der Waals surface area (Å²) in [5.41, 5.74) is 6.63. The molecule has 5 heteroatoms. The molecule has 4 nitrogen and oxygen atoms in total. The Balaban J connectivity index is 1.77. The number of nitrogens with zero attached hydrogens (tertiary/aromatic N) is 1. The number of pyridine rings is 1. The van der Waals surface area contributed by atoms with Gasteiger partial charge in [-0.25, -0.2) is 4.98 Å². The predicted molar refractivity (Wildman–Crippen MR) is 82.9 cm³/mol. The third-order valence-corrected chi connectivity index (χ3v) is 5.19. The van der Waals surface area contributed by atoms with Gasteiger partial charge >= 0.3 is 0 Å². The molecule has 0 saturated heterocycles. The van der Waals surface area contributed by atoms with Crippen LogP contribution in [0.2, 0.25) is 0 Å². The van der Waals surface area contributed by atoms with Crippen LogP contribution in [0.25, 0.3) is 10.2 Å². The second kappa shape index (κ2) is 5.40. The summed E-state index contributed by atoms with van der Waals surface area (Å²) in [6.07, 6.45) is 6.23. The number of thiophene rings is 1. The number of nitrogens with one attached hydrogen (secondary N) is 1. The van der Waals surface area contributed by atoms with E-state index in [-0.39, 0.29) is 11.9 Å². The van der Waals surface area contributed by atoms with Crippen molar-refractivity contribution in [1.29, 1.82) is 0 Å². The molecule has 3 N–H and O–H groups in total. The number of nitrogen functional groups attached to an aromatic ring is 1. The molecule has 106 valence electrons. The van der Waals surface area contributed by atoms with Crippen molar-refractivity contribution in [2.75, 3.05) is 5.73 Å². The molecule has 2 aromatic heterocycles. The zero-order chi connectivity index (χ0) is 14.1. The van der Waals surface area contributed by atoms with Crippen molar-refractivity contribution in [2.45, 2.75) is 38.6 Å². The first-order valence-corrected chi connectivity index (χ1v) is 7.90. The number of rotatable bonds is 2. The van der Waals surface area contributed by atoms with Crippen LogP contribution >= 0.6 is 11.3 Å². The van der Waals surface area contributed by atoms with Gasteiger partial charge in [-0.15, -0.1) is 11.3 Å². The normalized spacial score (nSPS) is 22.9. The van der Waals surface area contributed by atoms with Gasteiger partial charge in [-0.2, -0.15) is 0 Å². The Morgan fingerprint density at radius 3 is 2.85 bits per heavy atom. The monoisotopic (exact) mass is 289 g/mol. The Bertz CT molecular complexity index is 629. The highest BCUT2D eigenvalue weighted by atomic mass is 32.1. The van der Waals surface area contributed by atoms with Crippen molar-refractivity contribution >= 4 is 33.1 Å². The van der Waals surface area contributed by atoms with E-state index in [1.165, 1.54) is 24.2 Å². The Labute approximate surface area is 122 Å². The van der Waals surface area contributed by atoms with Gasteiger partial charge < -0.3 is 11.1 Å². The molecule has 1 saturated carbocycles. The molecule has 3 rings (SSSR count). The number of hydrogen-bond donors (Lipinski definition) is 2. The van der Waals surface area contributed by atoms with Crippen LogP contribution in [0.4, 0.5) is 5.69 Å². The standard InChI is InChI=1S/C15H19N3OS/c1-9-4-6-10(7-5-9)18-14(19)13-12(16)11-3-2-8-17-15(11)20-13/h2-3,8-10H,4-7,16H2,1H3,(H,18,19). The number of nitrogens with two attached hydrogens (primary N) is 1. The average molecular weight is 289 g/mol. The number of hydrogen-bond acceptors (Lipinski definition) is 4. The van der Waals surface area contributed by atoms with Crippen molar-refractivity contribution in [3.8, 4) is 0 Å². The Morgan fingerprint density at radius 1 is 1.40 bits per heavy atom. The molecule has 0 aliphatic heterocycles. The summed E-state index contributed by atoms with van der Waals surface area (Å²) in [4.78, 5) is 18.1. The lowest BCUT2D eigenvalue weighted by molar-refractivity contribution is 0.0928. The first-order valence-electron chi connectivity index (χ1n) is 7.09. The first kappa shape index (κ1) is 13.4. The summed E-state index contributed by atoms with van der Waals surface area (Å²) in [6.45, 7) is 2.27. The first-order chi connectivity index (χ1) is 9.65. The van der Waals surface area contributed by atoms with Gasteiger partial charge in [0.25, 0.3) is 5.91 Å². The maximum atomic E-state index is 12.4. The van der Waals surface area contributed by atoms with E-state index in [1.807, 2.05) is 12.1 Å². The van der Waals surface area contributed by atoms with Crippen molar-refractivity contribution < 1.29 is 4.79 Å². The molecule has 1 fully saturated rings. The molecular weight excluding hydrogens is 270 g/mol. The molecule has 1 aliphatic rings. The minimum Gasteiger partial charge on any atom is -0.397 e. The fourth-order valence-electron chi connectivity index (χ4n) is 2.78. The minimum atomic E-state index is -0.0509. The van der Waals surface area contributed by atoms with Gasteiger partial charge in [-0.05, 0) is 43.7 Å². The Hall–Kier alpha value is -1.62. The van der Waals surface area contributed by atoms with Crippen molar-refractivity contribution in [2.24, 2.45) is 5.92 Å². The average Bonchev–Trinajstić information content (AvgIpc) is 2.79. The van der Waals surface area contributed by atoms with Crippen LogP contribution < -0.4 is 11.1 Å². The molecule has 1 aliphatic carbocycles. The topological polar surface area (TPSA) is 68.0 Å². The highest BCUT2D eigenvalue weighted by Gasteiger charge is 2.23. The summed E-state index contributed by atoms with van der Waals surface area (Å²) in [7, 11) is 0. The molecule has 2 heterocycles. The summed E-state index contributed by atoms with van der Waals surface area (Å²) >= 11 is 1.37. The molecule has 0 radical (unpaired) electrons. The van der Waals surface area contributed by atoms with Gasteiger partial charge in [0.2, 0.25) is 0 Å². The van der Waals surface area contributed by atoms with Crippen LogP contribution in [-0.4, -0.2) is 16.9 Å². The number of carbonyl (C=O) groups is 1. The molecular formula is C15H19N3OS. The molecule has 1 amide bonds. The van der Waals surface area contributed by atoms with Crippen molar-refractivity contribution in [1.82, 2.24) is 10.3 Å². The minimum absolute atomic E-state index is 0.0509. The van der Waals surface area contributed by atoms with Gasteiger partial charge in [0.15, 0.2) is 0 Å². The van der Waals surface area contributed by atoms with Gasteiger partial charge in [0, 0.05) is 17.6 Å². The predicted octanol–water partition coefficient (Wildman–Crippen LogP) is 3.19. The van der Waals surface area contributed by atoms with Gasteiger partial charge in [-0.3, -0.25) is 4.79 Å². The summed E-state index contributed by atoms with van der Waals surface area (Å²) < 4.78 is 0. The van der Waals surface area contributed by atoms with Crippen LogP contribution in [0.5, 0.6) is 0 Å². The van der Waals surface area contributed by atoms with Crippen molar-refractivity contribution in [3.63, 3.8) is 0 Å². The van der Waals surface area contributed by atoms with Crippen molar-refractivity contribution in [3.05, 3.63) is 23.2 Å². The fourth-order valence-corrected chi connectivity index (χ4v) is 3.74. The highest BCUT2D eigenvalue weighted by Crippen LogP contribution is 2.32. The third-order valence-electron chi connectivity index (χ3n) is 4.06. The van der Waals surface area contributed by atoms with Crippen LogP contribution in [-0.2, 0) is 0 Å². The number of aromatic nitrogens is 1. The third kappa shape index (κ3) is 2.50. The Kier molecular flexibility index (Phi) is 3.61. The van der Waals surface area contributed by atoms with E-state index in [2.05, 4.69) is 17.2 Å². The summed E-state index contributed by atoms with van der Waals surface area (Å²) in [6, 6.07) is 4.04. The van der Waals surface area contributed by atoms with E-state index in [9.17, 15) is 4.79 Å². The highest BCUT2D eigenvalue weighted by molar-refractivity contribution is 7.21. The number of carbonyl (C=O) groups excluding carboxylic acids is 1. The second-order valence-electron chi connectivity index (χ2n) is 5.63. The van der Waals surface area contributed by atoms with Gasteiger partial charge in [-0.1, -0.05) is 6.92 Å². The fraction of sp³-hybridized carbons (Fsp3) is 0.467. The molecule has 2 aromatic rings. The van der Waals surface area contributed by atoms with Crippen LogP contribution in [0, 0.1) is 5.92 Å². The Morgan fingerprint density at radius 2 is 2.15 bits per heavy atom. The maximum absolute atomic E-state index is 12.4. The molecule has 0 bridgehead atoms. The summed E-state index contributed by atoms with van der Waals surface area (Å²) in [5, 5.41) is 4.00. The SMILES string of the molecule is CC1CCC(NC(=O)c2sc3ncccc3c2N)CC1. The van der Waals surface area contributed by atoms with E-state index in [0.29, 0.717) is 10.6 Å². The second-order valence-corrected chi connectivity index (χ2v) is 6.63. The summed E-state index contributed by atoms with van der Waals surface area (Å²) in [5.74, 6) is 0.729. The van der Waals surface area contributed by atoms with E-state index in [1.54, 1.807) is 6.20 Å². The lowest BCUT2D eigenvalue weighted by atomic mass is 9.87. The molecule has 0 atom stereocenters. The molecule has 0 spiro atoms. The van der Waals surface area contributed by atoms with E-state index >= 15 is 0 Å². The number of fused-ring (bicyclic) bond motifs is 1. The zero-order valence-electron chi connectivity index (χ0n) is 11.6.